The molecule has 0 atom stereocenters. The summed E-state index contributed by atoms with van der Waals surface area (Å²) in [6, 6.07) is 29.2. The van der Waals surface area contributed by atoms with Crippen molar-refractivity contribution in [3.8, 4) is 0 Å². The Hall–Kier alpha value is -2.89. The molecule has 0 amide bonds. The molecular weight excluding hydrogens is 376 g/mol. The number of benzene rings is 3. The molecule has 1 heterocycles. The fourth-order valence-electron chi connectivity index (χ4n) is 3.61. The van der Waals surface area contributed by atoms with Crippen LogP contribution in [0.25, 0.3) is 0 Å². The predicted molar refractivity (Wildman–Crippen MR) is 125 cm³/mol. The standard InChI is InChI=1S/C24H26N4S/c29-24(28-17-15-27(16-18-28)19-20-7-3-1-4-8-20)26-23-13-11-22(12-14-23)25-21-9-5-2-6-10-21/h1-14,25H,15-19H2,(H,26,29)/p+1. The second kappa shape index (κ2) is 9.54. The summed E-state index contributed by atoms with van der Waals surface area (Å²) in [5, 5.41) is 7.60. The number of anilines is 3. The number of rotatable bonds is 5. The maximum Gasteiger partial charge on any atom is 0.173 e. The first kappa shape index (κ1) is 19.4. The van der Waals surface area contributed by atoms with Gasteiger partial charge in [0.25, 0.3) is 0 Å². The Morgan fingerprint density at radius 3 is 1.97 bits per heavy atom. The molecule has 4 rings (SSSR count). The van der Waals surface area contributed by atoms with Crippen molar-refractivity contribution < 1.29 is 4.90 Å². The number of nitrogens with zero attached hydrogens (tertiary/aromatic N) is 1. The maximum atomic E-state index is 5.65. The normalized spacial score (nSPS) is 14.4. The minimum Gasteiger partial charge on any atom is -0.356 e. The summed E-state index contributed by atoms with van der Waals surface area (Å²) in [6.07, 6.45) is 0. The van der Waals surface area contributed by atoms with E-state index >= 15 is 0 Å². The predicted octanol–water partition coefficient (Wildman–Crippen LogP) is 3.53. The first-order chi connectivity index (χ1) is 14.3. The maximum absolute atomic E-state index is 5.65. The fourth-order valence-corrected chi connectivity index (χ4v) is 3.92. The molecule has 0 aromatic heterocycles. The van der Waals surface area contributed by atoms with Crippen LogP contribution in [0.3, 0.4) is 0 Å². The van der Waals surface area contributed by atoms with E-state index < -0.39 is 0 Å². The van der Waals surface area contributed by atoms with Gasteiger partial charge in [0, 0.05) is 22.6 Å². The van der Waals surface area contributed by atoms with Gasteiger partial charge in [0.05, 0.1) is 26.2 Å². The molecule has 29 heavy (non-hydrogen) atoms. The van der Waals surface area contributed by atoms with Gasteiger partial charge in [0.1, 0.15) is 6.54 Å². The van der Waals surface area contributed by atoms with Crippen LogP contribution in [0.1, 0.15) is 5.56 Å². The third-order valence-corrected chi connectivity index (χ3v) is 5.61. The van der Waals surface area contributed by atoms with Gasteiger partial charge in [-0.15, -0.1) is 0 Å². The van der Waals surface area contributed by atoms with E-state index in [1.807, 2.05) is 18.2 Å². The van der Waals surface area contributed by atoms with Crippen molar-refractivity contribution in [3.05, 3.63) is 90.5 Å². The Balaban J connectivity index is 1.25. The van der Waals surface area contributed by atoms with Gasteiger partial charge in [-0.3, -0.25) is 0 Å². The topological polar surface area (TPSA) is 31.7 Å². The number of quaternary nitrogens is 1. The number of hydrogen-bond donors (Lipinski definition) is 3. The summed E-state index contributed by atoms with van der Waals surface area (Å²) in [6.45, 7) is 5.28. The molecule has 1 aliphatic heterocycles. The Labute approximate surface area is 178 Å². The average Bonchev–Trinajstić information content (AvgIpc) is 2.77. The van der Waals surface area contributed by atoms with E-state index in [1.54, 1.807) is 4.90 Å². The quantitative estimate of drug-likeness (QED) is 0.569. The van der Waals surface area contributed by atoms with Gasteiger partial charge in [-0.25, -0.2) is 0 Å². The molecule has 0 saturated carbocycles. The number of piperazine rings is 1. The Morgan fingerprint density at radius 2 is 1.31 bits per heavy atom. The highest BCUT2D eigenvalue weighted by atomic mass is 32.1. The highest BCUT2D eigenvalue weighted by Crippen LogP contribution is 2.19. The Morgan fingerprint density at radius 1 is 0.759 bits per heavy atom. The molecule has 0 aliphatic carbocycles. The molecule has 1 aliphatic rings. The van der Waals surface area contributed by atoms with Gasteiger partial charge in [0.2, 0.25) is 0 Å². The minimum atomic E-state index is 0.813. The summed E-state index contributed by atoms with van der Waals surface area (Å²) in [4.78, 5) is 3.89. The third kappa shape index (κ3) is 5.56. The smallest absolute Gasteiger partial charge is 0.173 e. The Kier molecular flexibility index (Phi) is 6.39. The highest BCUT2D eigenvalue weighted by Gasteiger charge is 2.21. The van der Waals surface area contributed by atoms with Crippen LogP contribution in [0.15, 0.2) is 84.9 Å². The minimum absolute atomic E-state index is 0.813. The van der Waals surface area contributed by atoms with Crippen molar-refractivity contribution in [2.24, 2.45) is 0 Å². The van der Waals surface area contributed by atoms with Crippen LogP contribution in [0.4, 0.5) is 17.1 Å². The zero-order valence-corrected chi connectivity index (χ0v) is 17.3. The molecule has 3 aromatic carbocycles. The molecule has 1 fully saturated rings. The van der Waals surface area contributed by atoms with Crippen molar-refractivity contribution in [2.75, 3.05) is 36.8 Å². The van der Waals surface area contributed by atoms with Crippen molar-refractivity contribution in [3.63, 3.8) is 0 Å². The SMILES string of the molecule is S=C(Nc1ccc(Nc2ccccc2)cc1)N1CC[NH+](Cc2ccccc2)CC1. The first-order valence-electron chi connectivity index (χ1n) is 10.1. The highest BCUT2D eigenvalue weighted by molar-refractivity contribution is 7.80. The molecule has 0 radical (unpaired) electrons. The van der Waals surface area contributed by atoms with Crippen molar-refractivity contribution in [2.45, 2.75) is 6.54 Å². The molecular formula is C24H27N4S+. The third-order valence-electron chi connectivity index (χ3n) is 5.25. The Bertz CT molecular complexity index is 905. The average molecular weight is 404 g/mol. The lowest BCUT2D eigenvalue weighted by Gasteiger charge is -2.34. The molecule has 148 valence electrons. The lowest BCUT2D eigenvalue weighted by Crippen LogP contribution is -3.13. The second-order valence-corrected chi connectivity index (χ2v) is 7.78. The van der Waals surface area contributed by atoms with Crippen LogP contribution in [0, 0.1) is 0 Å². The molecule has 4 nitrogen and oxygen atoms in total. The van der Waals surface area contributed by atoms with Gasteiger partial charge >= 0.3 is 0 Å². The largest absolute Gasteiger partial charge is 0.356 e. The van der Waals surface area contributed by atoms with Crippen molar-refractivity contribution in [1.82, 2.24) is 4.90 Å². The van der Waals surface area contributed by atoms with Gasteiger partial charge in [0.15, 0.2) is 5.11 Å². The van der Waals surface area contributed by atoms with Crippen LogP contribution in [0.5, 0.6) is 0 Å². The van der Waals surface area contributed by atoms with Crippen molar-refractivity contribution >= 4 is 34.4 Å². The van der Waals surface area contributed by atoms with E-state index in [2.05, 4.69) is 82.3 Å². The van der Waals surface area contributed by atoms with E-state index in [4.69, 9.17) is 12.2 Å². The number of nitrogens with one attached hydrogen (secondary N) is 3. The summed E-state index contributed by atoms with van der Waals surface area (Å²) in [5.41, 5.74) is 4.57. The fraction of sp³-hybridized carbons (Fsp3) is 0.208. The van der Waals surface area contributed by atoms with E-state index in [1.165, 1.54) is 5.56 Å². The molecule has 0 bridgehead atoms. The van der Waals surface area contributed by atoms with Crippen molar-refractivity contribution in [1.29, 1.82) is 0 Å². The second-order valence-electron chi connectivity index (χ2n) is 7.40. The molecule has 0 spiro atoms. The monoisotopic (exact) mass is 403 g/mol. The molecule has 3 aromatic rings. The molecule has 3 N–H and O–H groups in total. The van der Waals surface area contributed by atoms with Gasteiger partial charge in [-0.05, 0) is 48.6 Å². The van der Waals surface area contributed by atoms with Gasteiger partial charge in [-0.2, -0.15) is 0 Å². The first-order valence-corrected chi connectivity index (χ1v) is 10.5. The van der Waals surface area contributed by atoms with E-state index in [0.717, 1.165) is 54.9 Å². The molecule has 1 saturated heterocycles. The van der Waals surface area contributed by atoms with Crippen LogP contribution in [-0.2, 0) is 6.54 Å². The van der Waals surface area contributed by atoms with E-state index in [9.17, 15) is 0 Å². The molecule has 0 unspecified atom stereocenters. The van der Waals surface area contributed by atoms with Crippen LogP contribution >= 0.6 is 12.2 Å². The zero-order valence-electron chi connectivity index (χ0n) is 16.5. The van der Waals surface area contributed by atoms with E-state index in [0.29, 0.717) is 0 Å². The van der Waals surface area contributed by atoms with E-state index in [-0.39, 0.29) is 0 Å². The lowest BCUT2D eigenvalue weighted by molar-refractivity contribution is -0.917. The van der Waals surface area contributed by atoms with Crippen LogP contribution in [-0.4, -0.2) is 36.2 Å². The summed E-state index contributed by atoms with van der Waals surface area (Å²) < 4.78 is 0. The molecule has 5 heteroatoms. The zero-order chi connectivity index (χ0) is 19.9. The van der Waals surface area contributed by atoms with Crippen LogP contribution < -0.4 is 15.5 Å². The van der Waals surface area contributed by atoms with Gasteiger partial charge in [-0.1, -0.05) is 48.5 Å². The van der Waals surface area contributed by atoms with Gasteiger partial charge < -0.3 is 20.4 Å². The summed E-state index contributed by atoms with van der Waals surface area (Å²) in [5.74, 6) is 0. The number of para-hydroxylation sites is 1. The van der Waals surface area contributed by atoms with Crippen LogP contribution in [0.2, 0.25) is 0 Å². The summed E-state index contributed by atoms with van der Waals surface area (Å²) >= 11 is 5.65. The number of thiocarbonyl (C=S) groups is 1. The number of hydrogen-bond acceptors (Lipinski definition) is 2. The summed E-state index contributed by atoms with van der Waals surface area (Å²) in [7, 11) is 0. The lowest BCUT2D eigenvalue weighted by atomic mass is 10.2.